The molecule has 21 heavy (non-hydrogen) atoms. The Balaban J connectivity index is 2.21. The predicted molar refractivity (Wildman–Crippen MR) is 77.2 cm³/mol. The van der Waals surface area contributed by atoms with E-state index in [0.717, 1.165) is 5.56 Å². The molecule has 0 saturated carbocycles. The SMILES string of the molecule is CCOC(=O)c1cc2[nH]c(=O)cc(-c3ccccc3)n2n1. The molecule has 0 radical (unpaired) electrons. The lowest BCUT2D eigenvalue weighted by Gasteiger charge is -2.03. The molecular weight excluding hydrogens is 270 g/mol. The molecule has 0 fully saturated rings. The van der Waals surface area contributed by atoms with Gasteiger partial charge in [-0.25, -0.2) is 9.31 Å². The van der Waals surface area contributed by atoms with Crippen molar-refractivity contribution in [1.82, 2.24) is 14.6 Å². The second-order valence-corrected chi connectivity index (χ2v) is 4.43. The maximum Gasteiger partial charge on any atom is 0.358 e. The van der Waals surface area contributed by atoms with Crippen molar-refractivity contribution in [3.8, 4) is 11.3 Å². The van der Waals surface area contributed by atoms with E-state index in [1.165, 1.54) is 16.6 Å². The maximum atomic E-state index is 11.8. The first kappa shape index (κ1) is 13.1. The highest BCUT2D eigenvalue weighted by atomic mass is 16.5. The summed E-state index contributed by atoms with van der Waals surface area (Å²) in [5.74, 6) is -0.513. The Labute approximate surface area is 120 Å². The number of aromatic amines is 1. The Hall–Kier alpha value is -2.89. The molecule has 0 aliphatic carbocycles. The van der Waals surface area contributed by atoms with Crippen molar-refractivity contribution in [2.45, 2.75) is 6.92 Å². The van der Waals surface area contributed by atoms with E-state index in [-0.39, 0.29) is 17.9 Å². The summed E-state index contributed by atoms with van der Waals surface area (Å²) in [6.07, 6.45) is 0. The molecule has 0 atom stereocenters. The molecule has 1 aromatic carbocycles. The number of esters is 1. The zero-order valence-corrected chi connectivity index (χ0v) is 11.4. The molecule has 0 spiro atoms. The van der Waals surface area contributed by atoms with Crippen LogP contribution in [-0.2, 0) is 4.74 Å². The predicted octanol–water partition coefficient (Wildman–Crippen LogP) is 1.87. The first-order valence-corrected chi connectivity index (χ1v) is 6.54. The van der Waals surface area contributed by atoms with Crippen molar-refractivity contribution in [3.05, 3.63) is 58.5 Å². The maximum absolute atomic E-state index is 11.8. The molecule has 2 heterocycles. The molecule has 0 aliphatic rings. The van der Waals surface area contributed by atoms with Gasteiger partial charge in [-0.1, -0.05) is 30.3 Å². The normalized spacial score (nSPS) is 10.7. The topological polar surface area (TPSA) is 76.5 Å². The molecule has 3 aromatic rings. The van der Waals surface area contributed by atoms with Gasteiger partial charge in [0.05, 0.1) is 12.3 Å². The Morgan fingerprint density at radius 2 is 2.05 bits per heavy atom. The minimum Gasteiger partial charge on any atom is -0.461 e. The van der Waals surface area contributed by atoms with E-state index in [9.17, 15) is 9.59 Å². The summed E-state index contributed by atoms with van der Waals surface area (Å²) in [4.78, 5) is 26.2. The van der Waals surface area contributed by atoms with Crippen LogP contribution < -0.4 is 5.56 Å². The molecule has 0 amide bonds. The first-order valence-electron chi connectivity index (χ1n) is 6.54. The number of carbonyl (C=O) groups excluding carboxylic acids is 1. The molecule has 0 saturated heterocycles. The second-order valence-electron chi connectivity index (χ2n) is 4.43. The quantitative estimate of drug-likeness (QED) is 0.744. The average Bonchev–Trinajstić information content (AvgIpc) is 2.91. The third-order valence-electron chi connectivity index (χ3n) is 3.01. The lowest BCUT2D eigenvalue weighted by atomic mass is 10.1. The molecule has 3 rings (SSSR count). The van der Waals surface area contributed by atoms with Crippen molar-refractivity contribution < 1.29 is 9.53 Å². The second kappa shape index (κ2) is 5.24. The summed E-state index contributed by atoms with van der Waals surface area (Å²) in [5.41, 5.74) is 1.81. The van der Waals surface area contributed by atoms with Gasteiger partial charge in [-0.2, -0.15) is 5.10 Å². The van der Waals surface area contributed by atoms with Gasteiger partial charge in [0.2, 0.25) is 0 Å². The number of hydrogen-bond acceptors (Lipinski definition) is 4. The fourth-order valence-corrected chi connectivity index (χ4v) is 2.12. The van der Waals surface area contributed by atoms with E-state index < -0.39 is 5.97 Å². The van der Waals surface area contributed by atoms with Crippen LogP contribution in [0.5, 0.6) is 0 Å². The van der Waals surface area contributed by atoms with Crippen LogP contribution in [0.3, 0.4) is 0 Å². The van der Waals surface area contributed by atoms with Crippen LogP contribution >= 0.6 is 0 Å². The highest BCUT2D eigenvalue weighted by Crippen LogP contribution is 2.18. The van der Waals surface area contributed by atoms with Crippen molar-refractivity contribution in [2.24, 2.45) is 0 Å². The molecule has 0 bridgehead atoms. The number of nitrogens with zero attached hydrogens (tertiary/aromatic N) is 2. The van der Waals surface area contributed by atoms with Crippen LogP contribution in [0.1, 0.15) is 17.4 Å². The molecule has 106 valence electrons. The van der Waals surface area contributed by atoms with E-state index in [2.05, 4.69) is 10.1 Å². The minimum absolute atomic E-state index is 0.163. The van der Waals surface area contributed by atoms with E-state index in [1.807, 2.05) is 30.3 Å². The molecule has 6 heteroatoms. The lowest BCUT2D eigenvalue weighted by molar-refractivity contribution is 0.0519. The van der Waals surface area contributed by atoms with E-state index >= 15 is 0 Å². The fourth-order valence-electron chi connectivity index (χ4n) is 2.12. The Bertz CT molecular complexity index is 849. The van der Waals surface area contributed by atoms with Crippen LogP contribution in [0.15, 0.2) is 47.3 Å². The molecule has 1 N–H and O–H groups in total. The van der Waals surface area contributed by atoms with Gasteiger partial charge in [-0.05, 0) is 6.92 Å². The van der Waals surface area contributed by atoms with Gasteiger partial charge in [0.15, 0.2) is 5.69 Å². The van der Waals surface area contributed by atoms with Crippen molar-refractivity contribution in [3.63, 3.8) is 0 Å². The highest BCUT2D eigenvalue weighted by molar-refractivity contribution is 5.88. The van der Waals surface area contributed by atoms with Gasteiger partial charge in [0, 0.05) is 17.7 Å². The first-order chi connectivity index (χ1) is 10.2. The summed E-state index contributed by atoms with van der Waals surface area (Å²) in [7, 11) is 0. The van der Waals surface area contributed by atoms with Crippen molar-refractivity contribution in [2.75, 3.05) is 6.61 Å². The summed E-state index contributed by atoms with van der Waals surface area (Å²) in [5, 5.41) is 4.22. The highest BCUT2D eigenvalue weighted by Gasteiger charge is 2.15. The Kier molecular flexibility index (Phi) is 3.27. The van der Waals surface area contributed by atoms with Crippen LogP contribution in [0.25, 0.3) is 16.9 Å². The number of fused-ring (bicyclic) bond motifs is 1. The number of rotatable bonds is 3. The zero-order valence-electron chi connectivity index (χ0n) is 11.4. The van der Waals surface area contributed by atoms with E-state index in [1.54, 1.807) is 6.92 Å². The summed E-state index contributed by atoms with van der Waals surface area (Å²) < 4.78 is 6.46. The van der Waals surface area contributed by atoms with Crippen LogP contribution in [0, 0.1) is 0 Å². The average molecular weight is 283 g/mol. The zero-order chi connectivity index (χ0) is 14.8. The molecule has 0 aliphatic heterocycles. The standard InChI is InChI=1S/C15H13N3O3/c1-2-21-15(20)11-8-13-16-14(19)9-12(18(13)17-11)10-6-4-3-5-7-10/h3-9H,2H2,1H3,(H,16,19). The summed E-state index contributed by atoms with van der Waals surface area (Å²) in [6.45, 7) is 2.00. The molecule has 2 aromatic heterocycles. The van der Waals surface area contributed by atoms with Gasteiger partial charge >= 0.3 is 5.97 Å². The summed E-state index contributed by atoms with van der Waals surface area (Å²) >= 11 is 0. The van der Waals surface area contributed by atoms with Gasteiger partial charge in [-0.15, -0.1) is 0 Å². The number of ether oxygens (including phenoxy) is 1. The summed E-state index contributed by atoms with van der Waals surface area (Å²) in [6, 6.07) is 12.3. The fraction of sp³-hybridized carbons (Fsp3) is 0.133. The van der Waals surface area contributed by atoms with Crippen LogP contribution in [0.4, 0.5) is 0 Å². The number of hydrogen-bond donors (Lipinski definition) is 1. The van der Waals surface area contributed by atoms with E-state index in [0.29, 0.717) is 11.3 Å². The van der Waals surface area contributed by atoms with Crippen LogP contribution in [-0.4, -0.2) is 27.2 Å². The number of carbonyl (C=O) groups is 1. The Morgan fingerprint density at radius 1 is 1.29 bits per heavy atom. The third kappa shape index (κ3) is 2.43. The number of aromatic nitrogens is 3. The lowest BCUT2D eigenvalue weighted by Crippen LogP contribution is -2.09. The van der Waals surface area contributed by atoms with Gasteiger partial charge in [-0.3, -0.25) is 4.79 Å². The number of H-pyrrole nitrogens is 1. The smallest absolute Gasteiger partial charge is 0.358 e. The number of benzene rings is 1. The van der Waals surface area contributed by atoms with Crippen molar-refractivity contribution >= 4 is 11.6 Å². The van der Waals surface area contributed by atoms with Crippen molar-refractivity contribution in [1.29, 1.82) is 0 Å². The number of nitrogens with one attached hydrogen (secondary N) is 1. The molecule has 0 unspecified atom stereocenters. The van der Waals surface area contributed by atoms with E-state index in [4.69, 9.17) is 4.74 Å². The van der Waals surface area contributed by atoms with Crippen LogP contribution in [0.2, 0.25) is 0 Å². The largest absolute Gasteiger partial charge is 0.461 e. The van der Waals surface area contributed by atoms with Gasteiger partial charge in [0.1, 0.15) is 5.65 Å². The molecular formula is C15H13N3O3. The third-order valence-corrected chi connectivity index (χ3v) is 3.01. The minimum atomic E-state index is -0.513. The monoisotopic (exact) mass is 283 g/mol. The van der Waals surface area contributed by atoms with Gasteiger partial charge < -0.3 is 9.72 Å². The Morgan fingerprint density at radius 3 is 2.76 bits per heavy atom. The molecule has 6 nitrogen and oxygen atoms in total. The van der Waals surface area contributed by atoms with Gasteiger partial charge in [0.25, 0.3) is 5.56 Å².